The zero-order valence-electron chi connectivity index (χ0n) is 43.5. The molecule has 0 aromatic rings. The molecule has 6 nitrogen and oxygen atoms in total. The second-order valence-corrected chi connectivity index (χ2v) is 20.3. The highest BCUT2D eigenvalue weighted by molar-refractivity contribution is 5.76. The van der Waals surface area contributed by atoms with Crippen molar-refractivity contribution in [2.24, 2.45) is 0 Å². The largest absolute Gasteiger partial charge is 0.466 e. The molecule has 0 aromatic heterocycles. The van der Waals surface area contributed by atoms with Gasteiger partial charge in [-0.1, -0.05) is 296 Å². The van der Waals surface area contributed by atoms with E-state index >= 15 is 0 Å². The molecule has 0 saturated heterocycles. The average molecular weight is 907 g/mol. The van der Waals surface area contributed by atoms with Crippen molar-refractivity contribution in [1.82, 2.24) is 5.32 Å². The summed E-state index contributed by atoms with van der Waals surface area (Å²) >= 11 is 0. The summed E-state index contributed by atoms with van der Waals surface area (Å²) in [5, 5.41) is 23.3. The third-order valence-electron chi connectivity index (χ3n) is 13.9. The standard InChI is InChI=1S/C58H115NO5/c1-3-5-7-9-11-13-15-17-19-21-23-24-26-28-30-34-38-42-46-50-56(61)55(54-60)59-57(62)51-47-43-39-35-32-33-37-41-45-49-53-64-58(63)52-48-44-40-36-31-29-27-25-22-20-18-16-14-12-10-8-6-4-2/h55-56,60-61H,3-54H2,1-2H3,(H,59,62). The molecule has 2 unspecified atom stereocenters. The highest BCUT2D eigenvalue weighted by Crippen LogP contribution is 2.18. The molecule has 0 aliphatic heterocycles. The number of aliphatic hydroxyl groups is 2. The van der Waals surface area contributed by atoms with Crippen LogP contribution in [0.5, 0.6) is 0 Å². The minimum absolute atomic E-state index is 0.0130. The highest BCUT2D eigenvalue weighted by atomic mass is 16.5. The van der Waals surface area contributed by atoms with Gasteiger partial charge in [-0.05, 0) is 25.7 Å². The quantitative estimate of drug-likeness (QED) is 0.0417. The summed E-state index contributed by atoms with van der Waals surface area (Å²) in [6, 6.07) is -0.557. The Morgan fingerprint density at radius 2 is 0.641 bits per heavy atom. The zero-order chi connectivity index (χ0) is 46.5. The van der Waals surface area contributed by atoms with Crippen LogP contribution in [-0.2, 0) is 14.3 Å². The van der Waals surface area contributed by atoms with Crippen molar-refractivity contribution in [3.8, 4) is 0 Å². The van der Waals surface area contributed by atoms with Gasteiger partial charge in [0.25, 0.3) is 0 Å². The molecule has 0 heterocycles. The number of nitrogens with one attached hydrogen (secondary N) is 1. The molecule has 2 atom stereocenters. The molecule has 382 valence electrons. The van der Waals surface area contributed by atoms with E-state index in [9.17, 15) is 19.8 Å². The van der Waals surface area contributed by atoms with Crippen molar-refractivity contribution in [3.05, 3.63) is 0 Å². The van der Waals surface area contributed by atoms with Gasteiger partial charge in [-0.15, -0.1) is 0 Å². The van der Waals surface area contributed by atoms with Crippen LogP contribution >= 0.6 is 0 Å². The number of amides is 1. The molecular weight excluding hydrogens is 791 g/mol. The van der Waals surface area contributed by atoms with E-state index < -0.39 is 12.1 Å². The van der Waals surface area contributed by atoms with E-state index in [-0.39, 0.29) is 18.5 Å². The van der Waals surface area contributed by atoms with Crippen molar-refractivity contribution in [3.63, 3.8) is 0 Å². The minimum Gasteiger partial charge on any atom is -0.466 e. The van der Waals surface area contributed by atoms with Crippen LogP contribution in [0.15, 0.2) is 0 Å². The number of carbonyl (C=O) groups is 2. The number of aliphatic hydroxyl groups excluding tert-OH is 2. The fourth-order valence-corrected chi connectivity index (χ4v) is 9.41. The molecule has 0 rings (SSSR count). The van der Waals surface area contributed by atoms with Crippen LogP contribution in [0.4, 0.5) is 0 Å². The van der Waals surface area contributed by atoms with Crippen molar-refractivity contribution in [2.75, 3.05) is 13.2 Å². The summed E-state index contributed by atoms with van der Waals surface area (Å²) in [6.45, 7) is 4.94. The van der Waals surface area contributed by atoms with Crippen LogP contribution in [0.2, 0.25) is 0 Å². The van der Waals surface area contributed by atoms with E-state index in [1.54, 1.807) is 0 Å². The number of rotatable bonds is 55. The predicted octanol–water partition coefficient (Wildman–Crippen LogP) is 17.9. The molecule has 0 radical (unpaired) electrons. The number of carbonyl (C=O) groups excluding carboxylic acids is 2. The molecule has 6 heteroatoms. The molecule has 0 aliphatic carbocycles. The lowest BCUT2D eigenvalue weighted by Crippen LogP contribution is -2.45. The minimum atomic E-state index is -0.678. The first-order valence-electron chi connectivity index (χ1n) is 29.3. The van der Waals surface area contributed by atoms with Crippen molar-refractivity contribution >= 4 is 11.9 Å². The number of ether oxygens (including phenoxy) is 1. The Kier molecular flexibility index (Phi) is 53.5. The summed E-state index contributed by atoms with van der Waals surface area (Å²) < 4.78 is 5.48. The van der Waals surface area contributed by atoms with Gasteiger partial charge in [-0.2, -0.15) is 0 Å². The lowest BCUT2D eigenvalue weighted by molar-refractivity contribution is -0.143. The number of esters is 1. The summed E-state index contributed by atoms with van der Waals surface area (Å²) in [4.78, 5) is 24.6. The molecule has 0 aromatic carbocycles. The molecule has 0 fully saturated rings. The van der Waals surface area contributed by atoms with Gasteiger partial charge in [0.2, 0.25) is 5.91 Å². The maximum absolute atomic E-state index is 12.5. The molecule has 0 bridgehead atoms. The third-order valence-corrected chi connectivity index (χ3v) is 13.9. The van der Waals surface area contributed by atoms with Crippen molar-refractivity contribution in [1.29, 1.82) is 0 Å². The van der Waals surface area contributed by atoms with Crippen LogP contribution in [0, 0.1) is 0 Å². The summed E-state index contributed by atoms with van der Waals surface area (Å²) in [6.07, 6.45) is 62.3. The second-order valence-electron chi connectivity index (χ2n) is 20.3. The van der Waals surface area contributed by atoms with E-state index in [1.165, 1.54) is 244 Å². The first-order valence-corrected chi connectivity index (χ1v) is 29.3. The van der Waals surface area contributed by atoms with Crippen LogP contribution in [0.1, 0.15) is 335 Å². The number of unbranched alkanes of at least 4 members (excludes halogenated alkanes) is 44. The summed E-state index contributed by atoms with van der Waals surface area (Å²) in [5.41, 5.74) is 0. The van der Waals surface area contributed by atoms with Crippen molar-refractivity contribution in [2.45, 2.75) is 347 Å². The normalized spacial score (nSPS) is 12.5. The van der Waals surface area contributed by atoms with Gasteiger partial charge in [0.05, 0.1) is 25.4 Å². The number of hydrogen-bond donors (Lipinski definition) is 3. The molecular formula is C58H115NO5. The smallest absolute Gasteiger partial charge is 0.305 e. The van der Waals surface area contributed by atoms with E-state index in [4.69, 9.17) is 4.74 Å². The van der Waals surface area contributed by atoms with Gasteiger partial charge < -0.3 is 20.3 Å². The van der Waals surface area contributed by atoms with Gasteiger partial charge >= 0.3 is 5.97 Å². The lowest BCUT2D eigenvalue weighted by Gasteiger charge is -2.22. The zero-order valence-corrected chi connectivity index (χ0v) is 43.5. The first-order chi connectivity index (χ1) is 31.5. The molecule has 1 amide bonds. The second kappa shape index (κ2) is 54.5. The highest BCUT2D eigenvalue weighted by Gasteiger charge is 2.20. The van der Waals surface area contributed by atoms with Crippen molar-refractivity contribution < 1.29 is 24.5 Å². The topological polar surface area (TPSA) is 95.9 Å². The van der Waals surface area contributed by atoms with E-state index in [0.29, 0.717) is 25.9 Å². The third kappa shape index (κ3) is 50.3. The summed E-state index contributed by atoms with van der Waals surface area (Å²) in [5.74, 6) is -0.0662. The van der Waals surface area contributed by atoms with Gasteiger partial charge in [-0.25, -0.2) is 0 Å². The Balaban J connectivity index is 3.43. The Morgan fingerprint density at radius 1 is 0.375 bits per heavy atom. The van der Waals surface area contributed by atoms with Crippen LogP contribution in [0.3, 0.4) is 0 Å². The van der Waals surface area contributed by atoms with E-state index in [2.05, 4.69) is 19.2 Å². The van der Waals surface area contributed by atoms with Gasteiger partial charge in [0, 0.05) is 12.8 Å². The molecule has 0 spiro atoms. The molecule has 3 N–H and O–H groups in total. The maximum Gasteiger partial charge on any atom is 0.305 e. The van der Waals surface area contributed by atoms with Gasteiger partial charge in [0.15, 0.2) is 0 Å². The molecule has 0 aliphatic rings. The first kappa shape index (κ1) is 62.9. The Labute approximate surface area is 400 Å². The van der Waals surface area contributed by atoms with Gasteiger partial charge in [-0.3, -0.25) is 9.59 Å². The number of hydrogen-bond acceptors (Lipinski definition) is 5. The Bertz CT molecular complexity index is 913. The molecule has 0 saturated carbocycles. The Morgan fingerprint density at radius 3 is 0.953 bits per heavy atom. The fraction of sp³-hybridized carbons (Fsp3) is 0.966. The van der Waals surface area contributed by atoms with Crippen LogP contribution < -0.4 is 5.32 Å². The van der Waals surface area contributed by atoms with E-state index in [0.717, 1.165) is 57.8 Å². The summed E-state index contributed by atoms with van der Waals surface area (Å²) in [7, 11) is 0. The fourth-order valence-electron chi connectivity index (χ4n) is 9.41. The Hall–Kier alpha value is -1.14. The van der Waals surface area contributed by atoms with Gasteiger partial charge in [0.1, 0.15) is 0 Å². The average Bonchev–Trinajstić information content (AvgIpc) is 3.29. The SMILES string of the molecule is CCCCCCCCCCCCCCCCCCCCCC(O)C(CO)NC(=O)CCCCCCCCCCCCOC(=O)CCCCCCCCCCCCCCCCCCCC. The van der Waals surface area contributed by atoms with Crippen LogP contribution in [0.25, 0.3) is 0 Å². The van der Waals surface area contributed by atoms with Crippen LogP contribution in [-0.4, -0.2) is 47.4 Å². The molecule has 64 heavy (non-hydrogen) atoms. The monoisotopic (exact) mass is 906 g/mol. The lowest BCUT2D eigenvalue weighted by atomic mass is 10.0. The maximum atomic E-state index is 12.5. The predicted molar refractivity (Wildman–Crippen MR) is 278 cm³/mol. The van der Waals surface area contributed by atoms with E-state index in [1.807, 2.05) is 0 Å².